The molecule has 2 rings (SSSR count). The van der Waals surface area contributed by atoms with Crippen molar-refractivity contribution in [1.82, 2.24) is 5.32 Å². The minimum atomic E-state index is -0.0120. The van der Waals surface area contributed by atoms with Gasteiger partial charge >= 0.3 is 11.9 Å². The van der Waals surface area contributed by atoms with E-state index in [-0.39, 0.29) is 11.9 Å². The van der Waals surface area contributed by atoms with Crippen molar-refractivity contribution >= 4 is 11.9 Å². The Morgan fingerprint density at radius 1 is 0.585 bits per heavy atom. The molecule has 1 saturated heterocycles. The second-order valence-corrected chi connectivity index (χ2v) is 18.0. The number of carbonyl (C=O) groups excluding carboxylic acids is 2. The molecule has 1 atom stereocenters. The Kier molecular flexibility index (Phi) is 29.0. The molecule has 0 bridgehead atoms. The molecule has 1 aliphatic carbocycles. The standard InChI is InChI=1S/C47H89NO5/c1-5-7-9-12-21-29-42(30-22-13-10-8-6-2)38-53-46(50)34-26-18-16-24-32-43(48-44-36-47(37-44)39-51-40-47)31-23-15-17-25-33-45(49)52-35-27-19-11-14-20-28-41(3)4/h41-44,48H,5-40H2,1-4H3. The summed E-state index contributed by atoms with van der Waals surface area (Å²) in [5.41, 5.74) is 0.488. The van der Waals surface area contributed by atoms with E-state index in [0.29, 0.717) is 49.5 Å². The maximum absolute atomic E-state index is 12.6. The lowest BCUT2D eigenvalue weighted by Gasteiger charge is -2.54. The van der Waals surface area contributed by atoms with Crippen molar-refractivity contribution in [2.45, 2.75) is 245 Å². The summed E-state index contributed by atoms with van der Waals surface area (Å²) in [4.78, 5) is 24.8. The first-order valence-corrected chi connectivity index (χ1v) is 23.5. The van der Waals surface area contributed by atoms with Crippen LogP contribution in [0.25, 0.3) is 0 Å². The van der Waals surface area contributed by atoms with Crippen LogP contribution in [0.15, 0.2) is 0 Å². The van der Waals surface area contributed by atoms with Gasteiger partial charge in [-0.2, -0.15) is 0 Å². The minimum absolute atomic E-state index is 0.0120. The summed E-state index contributed by atoms with van der Waals surface area (Å²) in [6.07, 6.45) is 37.9. The molecule has 0 aromatic heterocycles. The van der Waals surface area contributed by atoms with Gasteiger partial charge in [-0.15, -0.1) is 0 Å². The Balaban J connectivity index is 1.55. The molecule has 2 aliphatic rings. The minimum Gasteiger partial charge on any atom is -0.466 e. The maximum atomic E-state index is 12.6. The number of ether oxygens (including phenoxy) is 3. The average molecular weight is 748 g/mol. The highest BCUT2D eigenvalue weighted by Crippen LogP contribution is 2.47. The van der Waals surface area contributed by atoms with Crippen LogP contribution in [-0.4, -0.2) is 50.4 Å². The van der Waals surface area contributed by atoms with Crippen LogP contribution in [0, 0.1) is 17.3 Å². The molecule has 1 N–H and O–H groups in total. The second-order valence-electron chi connectivity index (χ2n) is 18.0. The SMILES string of the molecule is CCCCCCCC(CCCCCCC)COC(=O)CCCCCCC(CCCCCCC(=O)OCCCCCCCC(C)C)NC1CC2(COC2)C1. The van der Waals surface area contributed by atoms with Crippen molar-refractivity contribution < 1.29 is 23.8 Å². The van der Waals surface area contributed by atoms with E-state index in [1.807, 2.05) is 0 Å². The second kappa shape index (κ2) is 32.0. The normalized spacial score (nSPS) is 15.9. The molecule has 0 aromatic rings. The zero-order valence-corrected chi connectivity index (χ0v) is 35.8. The van der Waals surface area contributed by atoms with Crippen LogP contribution in [0.5, 0.6) is 0 Å². The molecule has 53 heavy (non-hydrogen) atoms. The Hall–Kier alpha value is -1.14. The zero-order chi connectivity index (χ0) is 38.2. The van der Waals surface area contributed by atoms with Crippen LogP contribution in [0.4, 0.5) is 0 Å². The summed E-state index contributed by atoms with van der Waals surface area (Å²) < 4.78 is 16.8. The summed E-state index contributed by atoms with van der Waals surface area (Å²) in [5, 5.41) is 4.02. The first-order chi connectivity index (χ1) is 25.9. The quantitative estimate of drug-likeness (QED) is 0.0501. The van der Waals surface area contributed by atoms with Crippen LogP contribution in [0.1, 0.15) is 233 Å². The number of hydrogen-bond donors (Lipinski definition) is 1. The number of unbranched alkanes of at least 4 members (excludes halogenated alkanes) is 18. The number of hydrogen-bond acceptors (Lipinski definition) is 6. The summed E-state index contributed by atoms with van der Waals surface area (Å²) in [6.45, 7) is 12.3. The molecule has 1 spiro atoms. The molecule has 1 unspecified atom stereocenters. The summed E-state index contributed by atoms with van der Waals surface area (Å²) >= 11 is 0. The van der Waals surface area contributed by atoms with E-state index in [1.54, 1.807) is 0 Å². The highest BCUT2D eigenvalue weighted by Gasteiger charge is 2.49. The predicted molar refractivity (Wildman–Crippen MR) is 223 cm³/mol. The number of rotatable bonds is 38. The van der Waals surface area contributed by atoms with Crippen molar-refractivity contribution in [3.63, 3.8) is 0 Å². The third-order valence-corrected chi connectivity index (χ3v) is 12.1. The topological polar surface area (TPSA) is 73.9 Å². The Labute approximate surface area is 329 Å². The monoisotopic (exact) mass is 748 g/mol. The van der Waals surface area contributed by atoms with E-state index >= 15 is 0 Å². The van der Waals surface area contributed by atoms with Gasteiger partial charge in [-0.05, 0) is 69.6 Å². The van der Waals surface area contributed by atoms with Gasteiger partial charge in [-0.25, -0.2) is 0 Å². The van der Waals surface area contributed by atoms with Crippen LogP contribution in [0.3, 0.4) is 0 Å². The predicted octanol–water partition coefficient (Wildman–Crippen LogP) is 13.2. The van der Waals surface area contributed by atoms with Crippen LogP contribution >= 0.6 is 0 Å². The molecule has 1 heterocycles. The summed E-state index contributed by atoms with van der Waals surface area (Å²) in [5.74, 6) is 1.35. The third-order valence-electron chi connectivity index (χ3n) is 12.1. The van der Waals surface area contributed by atoms with Gasteiger partial charge in [0.2, 0.25) is 0 Å². The third kappa shape index (κ3) is 25.6. The molecule has 0 radical (unpaired) electrons. The van der Waals surface area contributed by atoms with E-state index in [0.717, 1.165) is 51.2 Å². The lowest BCUT2D eigenvalue weighted by Crippen LogP contribution is -2.60. The van der Waals surface area contributed by atoms with Gasteiger partial charge in [0, 0.05) is 30.3 Å². The van der Waals surface area contributed by atoms with Gasteiger partial charge in [0.25, 0.3) is 0 Å². The molecule has 1 aliphatic heterocycles. The molecule has 6 nitrogen and oxygen atoms in total. The van der Waals surface area contributed by atoms with Gasteiger partial charge in [0.1, 0.15) is 0 Å². The van der Waals surface area contributed by atoms with Crippen LogP contribution in [-0.2, 0) is 23.8 Å². The van der Waals surface area contributed by atoms with Gasteiger partial charge in [0.15, 0.2) is 0 Å². The van der Waals surface area contributed by atoms with Gasteiger partial charge < -0.3 is 19.5 Å². The molecule has 1 saturated carbocycles. The first kappa shape index (κ1) is 48.0. The van der Waals surface area contributed by atoms with E-state index in [4.69, 9.17) is 14.2 Å². The van der Waals surface area contributed by atoms with Crippen LogP contribution < -0.4 is 5.32 Å². The Morgan fingerprint density at radius 3 is 1.55 bits per heavy atom. The molecule has 6 heteroatoms. The molecular formula is C47H89NO5. The van der Waals surface area contributed by atoms with E-state index in [1.165, 1.54) is 161 Å². The lowest BCUT2D eigenvalue weighted by atomic mass is 9.64. The molecule has 0 aromatic carbocycles. The lowest BCUT2D eigenvalue weighted by molar-refractivity contribution is -0.168. The molecule has 312 valence electrons. The van der Waals surface area contributed by atoms with E-state index < -0.39 is 0 Å². The smallest absolute Gasteiger partial charge is 0.305 e. The largest absolute Gasteiger partial charge is 0.466 e. The Morgan fingerprint density at radius 2 is 1.04 bits per heavy atom. The van der Waals surface area contributed by atoms with Crippen LogP contribution in [0.2, 0.25) is 0 Å². The summed E-state index contributed by atoms with van der Waals surface area (Å²) in [7, 11) is 0. The van der Waals surface area contributed by atoms with Crippen molar-refractivity contribution in [2.24, 2.45) is 17.3 Å². The fourth-order valence-corrected chi connectivity index (χ4v) is 8.51. The zero-order valence-electron chi connectivity index (χ0n) is 35.8. The maximum Gasteiger partial charge on any atom is 0.305 e. The number of carbonyl (C=O) groups is 2. The van der Waals surface area contributed by atoms with Crippen molar-refractivity contribution in [1.29, 1.82) is 0 Å². The molecule has 2 fully saturated rings. The van der Waals surface area contributed by atoms with E-state index in [2.05, 4.69) is 33.0 Å². The highest BCUT2D eigenvalue weighted by molar-refractivity contribution is 5.69. The first-order valence-electron chi connectivity index (χ1n) is 23.5. The molecular weight excluding hydrogens is 659 g/mol. The highest BCUT2D eigenvalue weighted by atomic mass is 16.5. The molecule has 0 amide bonds. The summed E-state index contributed by atoms with van der Waals surface area (Å²) in [6, 6.07) is 1.21. The fourth-order valence-electron chi connectivity index (χ4n) is 8.51. The average Bonchev–Trinajstić information content (AvgIpc) is 3.10. The van der Waals surface area contributed by atoms with E-state index in [9.17, 15) is 9.59 Å². The van der Waals surface area contributed by atoms with Gasteiger partial charge in [-0.1, -0.05) is 163 Å². The van der Waals surface area contributed by atoms with Crippen molar-refractivity contribution in [3.05, 3.63) is 0 Å². The van der Waals surface area contributed by atoms with Crippen molar-refractivity contribution in [2.75, 3.05) is 26.4 Å². The van der Waals surface area contributed by atoms with Gasteiger partial charge in [0.05, 0.1) is 26.4 Å². The van der Waals surface area contributed by atoms with Gasteiger partial charge in [-0.3, -0.25) is 9.59 Å². The number of nitrogens with one attached hydrogen (secondary N) is 1. The fraction of sp³-hybridized carbons (Fsp3) is 0.957. The van der Waals surface area contributed by atoms with Crippen molar-refractivity contribution in [3.8, 4) is 0 Å². The number of esters is 2. The Bertz CT molecular complexity index is 851.